The highest BCUT2D eigenvalue weighted by Gasteiger charge is 2.17. The van der Waals surface area contributed by atoms with Crippen molar-refractivity contribution in [1.29, 1.82) is 0 Å². The fourth-order valence-corrected chi connectivity index (χ4v) is 8.30. The van der Waals surface area contributed by atoms with E-state index in [4.69, 9.17) is 23.8 Å². The number of benzene rings is 7. The molecule has 6 heteroatoms. The quantitative estimate of drug-likeness (QED) is 0.186. The van der Waals surface area contributed by atoms with E-state index in [9.17, 15) is 0 Å². The van der Waals surface area contributed by atoms with Crippen LogP contribution in [0.1, 0.15) is 0 Å². The highest BCUT2D eigenvalue weighted by Crippen LogP contribution is 2.39. The second-order valence-electron chi connectivity index (χ2n) is 12.8. The molecule has 0 saturated heterocycles. The van der Waals surface area contributed by atoms with E-state index in [-0.39, 0.29) is 0 Å². The van der Waals surface area contributed by atoms with Crippen LogP contribution in [0.3, 0.4) is 0 Å². The van der Waals surface area contributed by atoms with Crippen LogP contribution in [0.5, 0.6) is 0 Å². The van der Waals surface area contributed by atoms with Gasteiger partial charge in [0, 0.05) is 58.4 Å². The summed E-state index contributed by atoms with van der Waals surface area (Å²) in [7, 11) is 0. The van der Waals surface area contributed by atoms with Gasteiger partial charge in [0.2, 0.25) is 0 Å². The number of para-hydroxylation sites is 1. The summed E-state index contributed by atoms with van der Waals surface area (Å²) in [6.07, 6.45) is 0. The molecule has 11 rings (SSSR count). The summed E-state index contributed by atoms with van der Waals surface area (Å²) < 4.78 is 15.0. The largest absolute Gasteiger partial charge is 0.456 e. The maximum atomic E-state index is 6.45. The molecule has 0 unspecified atom stereocenters. The first-order valence-electron chi connectivity index (χ1n) is 16.8. The molecule has 0 radical (unpaired) electrons. The molecule has 4 heterocycles. The minimum absolute atomic E-state index is 0.595. The number of hydrogen-bond donors (Lipinski definition) is 0. The summed E-state index contributed by atoms with van der Waals surface area (Å²) in [5, 5.41) is 6.78. The summed E-state index contributed by atoms with van der Waals surface area (Å²) in [6.45, 7) is 0. The van der Waals surface area contributed by atoms with Crippen molar-refractivity contribution in [2.24, 2.45) is 0 Å². The number of hydrogen-bond acceptors (Lipinski definition) is 6. The molecule has 0 fully saturated rings. The van der Waals surface area contributed by atoms with Gasteiger partial charge in [-0.05, 0) is 77.9 Å². The van der Waals surface area contributed by atoms with Crippen LogP contribution < -0.4 is 0 Å². The van der Waals surface area contributed by atoms with Crippen molar-refractivity contribution in [3.8, 4) is 45.3 Å². The van der Waals surface area contributed by atoms with Crippen LogP contribution in [0.4, 0.5) is 0 Å². The van der Waals surface area contributed by atoms with Gasteiger partial charge in [-0.1, -0.05) is 84.9 Å². The lowest BCUT2D eigenvalue weighted by molar-refractivity contribution is 0.668. The molecule has 0 aliphatic rings. The zero-order valence-electron chi connectivity index (χ0n) is 27.0. The Morgan fingerprint density at radius 1 is 0.314 bits per heavy atom. The molecule has 7 aromatic carbocycles. The Morgan fingerprint density at radius 3 is 1.59 bits per heavy atom. The van der Waals surface area contributed by atoms with Crippen LogP contribution in [0.25, 0.3) is 109 Å². The number of aromatic nitrogens is 3. The van der Waals surface area contributed by atoms with Gasteiger partial charge in [-0.25, -0.2) is 15.0 Å². The highest BCUT2D eigenvalue weighted by molar-refractivity contribution is 7.25. The Balaban J connectivity index is 1.03. The van der Waals surface area contributed by atoms with Gasteiger partial charge in [0.25, 0.3) is 0 Å². The summed E-state index contributed by atoms with van der Waals surface area (Å²) >= 11 is 1.80. The molecule has 238 valence electrons. The number of thiophene rings is 1. The Kier molecular flexibility index (Phi) is 6.05. The fourth-order valence-electron chi connectivity index (χ4n) is 7.22. The van der Waals surface area contributed by atoms with E-state index in [2.05, 4.69) is 97.1 Å². The molecule has 5 nitrogen and oxygen atoms in total. The van der Waals surface area contributed by atoms with Crippen LogP contribution >= 0.6 is 11.3 Å². The van der Waals surface area contributed by atoms with Crippen molar-refractivity contribution in [2.75, 3.05) is 0 Å². The van der Waals surface area contributed by atoms with Gasteiger partial charge in [0.1, 0.15) is 22.3 Å². The molecule has 0 aliphatic carbocycles. The standard InChI is InChI=1S/C45H25N3O2S/c1-2-8-26(9-3-1)43-46-44(29-17-21-42-36(24-29)33-11-5-7-13-41(33)51-42)48-45(47-43)30-14-18-32-35-23-28(16-20-39(35)50-40(32)25-30)27-15-19-38-34(22-27)31-10-4-6-12-37(31)49-38/h1-25H. The molecule has 0 aliphatic heterocycles. The van der Waals surface area contributed by atoms with E-state index in [0.717, 1.165) is 71.7 Å². The lowest BCUT2D eigenvalue weighted by Crippen LogP contribution is -2.00. The van der Waals surface area contributed by atoms with Crippen molar-refractivity contribution >= 4 is 75.4 Å². The second kappa shape index (κ2) is 10.9. The molecule has 0 saturated carbocycles. The molecule has 0 N–H and O–H groups in total. The van der Waals surface area contributed by atoms with E-state index < -0.39 is 0 Å². The Bertz CT molecular complexity index is 3160. The monoisotopic (exact) mass is 671 g/mol. The number of furan rings is 2. The van der Waals surface area contributed by atoms with Crippen molar-refractivity contribution in [3.05, 3.63) is 152 Å². The van der Waals surface area contributed by atoms with Crippen molar-refractivity contribution < 1.29 is 8.83 Å². The maximum Gasteiger partial charge on any atom is 0.164 e. The molecular formula is C45H25N3O2S. The third kappa shape index (κ3) is 4.58. The first kappa shape index (κ1) is 28.2. The van der Waals surface area contributed by atoms with E-state index in [1.807, 2.05) is 54.6 Å². The Labute approximate surface area is 295 Å². The smallest absolute Gasteiger partial charge is 0.164 e. The first-order valence-corrected chi connectivity index (χ1v) is 17.7. The van der Waals surface area contributed by atoms with Crippen LogP contribution in [-0.2, 0) is 0 Å². The molecular weight excluding hydrogens is 647 g/mol. The van der Waals surface area contributed by atoms with Gasteiger partial charge in [-0.3, -0.25) is 0 Å². The Hall–Kier alpha value is -6.63. The molecule has 0 spiro atoms. The predicted octanol–water partition coefficient (Wildman–Crippen LogP) is 12.7. The summed E-state index contributed by atoms with van der Waals surface area (Å²) in [5.41, 5.74) is 8.39. The Morgan fingerprint density at radius 2 is 0.824 bits per heavy atom. The topological polar surface area (TPSA) is 65.0 Å². The van der Waals surface area contributed by atoms with E-state index in [1.165, 1.54) is 20.2 Å². The van der Waals surface area contributed by atoms with E-state index >= 15 is 0 Å². The summed E-state index contributed by atoms with van der Waals surface area (Å²) in [4.78, 5) is 15.0. The average Bonchev–Trinajstić information content (AvgIpc) is 3.88. The van der Waals surface area contributed by atoms with Crippen LogP contribution in [-0.4, -0.2) is 15.0 Å². The van der Waals surface area contributed by atoms with Gasteiger partial charge >= 0.3 is 0 Å². The molecule has 0 bridgehead atoms. The summed E-state index contributed by atoms with van der Waals surface area (Å²) in [5.74, 6) is 1.85. The van der Waals surface area contributed by atoms with E-state index in [1.54, 1.807) is 11.3 Å². The van der Waals surface area contributed by atoms with Crippen LogP contribution in [0.2, 0.25) is 0 Å². The highest BCUT2D eigenvalue weighted by atomic mass is 32.1. The average molecular weight is 672 g/mol. The summed E-state index contributed by atoms with van der Waals surface area (Å²) in [6, 6.07) is 52.3. The molecule has 0 amide bonds. The zero-order chi connectivity index (χ0) is 33.5. The van der Waals surface area contributed by atoms with Gasteiger partial charge in [-0.2, -0.15) is 0 Å². The second-order valence-corrected chi connectivity index (χ2v) is 13.9. The predicted molar refractivity (Wildman–Crippen MR) is 209 cm³/mol. The first-order chi connectivity index (χ1) is 25.2. The normalized spacial score (nSPS) is 11.9. The molecule has 0 atom stereocenters. The van der Waals surface area contributed by atoms with Gasteiger partial charge in [-0.15, -0.1) is 11.3 Å². The van der Waals surface area contributed by atoms with Gasteiger partial charge in [0.15, 0.2) is 17.5 Å². The van der Waals surface area contributed by atoms with E-state index in [0.29, 0.717) is 17.5 Å². The molecule has 11 aromatic rings. The maximum absolute atomic E-state index is 6.45. The van der Waals surface area contributed by atoms with Crippen LogP contribution in [0, 0.1) is 0 Å². The van der Waals surface area contributed by atoms with Crippen molar-refractivity contribution in [3.63, 3.8) is 0 Å². The lowest BCUT2D eigenvalue weighted by Gasteiger charge is -2.09. The minimum atomic E-state index is 0.595. The van der Waals surface area contributed by atoms with Gasteiger partial charge in [0.05, 0.1) is 0 Å². The van der Waals surface area contributed by atoms with Crippen molar-refractivity contribution in [2.45, 2.75) is 0 Å². The third-order valence-corrected chi connectivity index (χ3v) is 10.9. The molecule has 4 aromatic heterocycles. The SMILES string of the molecule is c1ccc(-c2nc(-c3ccc4c(c3)oc3ccc(-c5ccc6oc7ccccc7c6c5)cc34)nc(-c3ccc4sc5ccccc5c4c3)n2)cc1. The van der Waals surface area contributed by atoms with Gasteiger partial charge < -0.3 is 8.83 Å². The zero-order valence-corrected chi connectivity index (χ0v) is 27.8. The number of nitrogens with zero attached hydrogens (tertiary/aromatic N) is 3. The fraction of sp³-hybridized carbons (Fsp3) is 0. The lowest BCUT2D eigenvalue weighted by atomic mass is 10.0. The number of fused-ring (bicyclic) bond motifs is 9. The van der Waals surface area contributed by atoms with Crippen molar-refractivity contribution in [1.82, 2.24) is 15.0 Å². The van der Waals surface area contributed by atoms with Crippen LogP contribution in [0.15, 0.2) is 160 Å². The third-order valence-electron chi connectivity index (χ3n) is 9.74. The molecule has 51 heavy (non-hydrogen) atoms. The number of rotatable bonds is 4. The minimum Gasteiger partial charge on any atom is -0.456 e.